The van der Waals surface area contributed by atoms with Gasteiger partial charge in [-0.2, -0.15) is 0 Å². The van der Waals surface area contributed by atoms with Crippen LogP contribution in [0.4, 0.5) is 0 Å². The third-order valence-electron chi connectivity index (χ3n) is 2.56. The number of rotatable bonds is 6. The zero-order valence-corrected chi connectivity index (χ0v) is 8.67. The Morgan fingerprint density at radius 2 is 1.69 bits per heavy atom. The summed E-state index contributed by atoms with van der Waals surface area (Å²) in [7, 11) is 0. The van der Waals surface area contributed by atoms with Crippen molar-refractivity contribution in [3.8, 4) is 0 Å². The van der Waals surface area contributed by atoms with E-state index in [1.165, 1.54) is 6.92 Å². The van der Waals surface area contributed by atoms with E-state index in [0.717, 1.165) is 12.8 Å². The van der Waals surface area contributed by atoms with Gasteiger partial charge in [0.05, 0.1) is 0 Å². The van der Waals surface area contributed by atoms with Crippen LogP contribution in [0.2, 0.25) is 0 Å². The molecule has 0 radical (unpaired) electrons. The minimum Gasteiger partial charge on any atom is -0.370 e. The lowest BCUT2D eigenvalue weighted by molar-refractivity contribution is -0.128. The van der Waals surface area contributed by atoms with E-state index in [-0.39, 0.29) is 24.0 Å². The number of primary amides is 1. The van der Waals surface area contributed by atoms with E-state index in [2.05, 4.69) is 0 Å². The van der Waals surface area contributed by atoms with E-state index in [9.17, 15) is 9.59 Å². The quantitative estimate of drug-likeness (QED) is 0.681. The molecule has 0 aliphatic carbocycles. The summed E-state index contributed by atoms with van der Waals surface area (Å²) in [6, 6.07) is 0. The number of hydrogen-bond donors (Lipinski definition) is 1. The zero-order chi connectivity index (χ0) is 10.4. The van der Waals surface area contributed by atoms with Crippen LogP contribution >= 0.6 is 0 Å². The lowest BCUT2D eigenvalue weighted by Crippen LogP contribution is -2.27. The number of carbonyl (C=O) groups excluding carboxylic acids is 2. The van der Waals surface area contributed by atoms with E-state index >= 15 is 0 Å². The molecule has 3 nitrogen and oxygen atoms in total. The third kappa shape index (κ3) is 4.06. The second-order valence-corrected chi connectivity index (χ2v) is 3.46. The average Bonchev–Trinajstić information content (AvgIpc) is 2.04. The van der Waals surface area contributed by atoms with Gasteiger partial charge in [-0.1, -0.05) is 26.7 Å². The summed E-state index contributed by atoms with van der Waals surface area (Å²) in [4.78, 5) is 22.0. The van der Waals surface area contributed by atoms with Crippen molar-refractivity contribution < 1.29 is 9.59 Å². The van der Waals surface area contributed by atoms with Crippen LogP contribution in [0.25, 0.3) is 0 Å². The largest absolute Gasteiger partial charge is 0.370 e. The molecule has 0 saturated carbocycles. The van der Waals surface area contributed by atoms with Crippen LogP contribution in [0.15, 0.2) is 0 Å². The van der Waals surface area contributed by atoms with Crippen LogP contribution < -0.4 is 5.73 Å². The Morgan fingerprint density at radius 1 is 1.23 bits per heavy atom. The van der Waals surface area contributed by atoms with Gasteiger partial charge >= 0.3 is 0 Å². The summed E-state index contributed by atoms with van der Waals surface area (Å²) in [5, 5.41) is 0. The maximum absolute atomic E-state index is 11.2. The fraction of sp³-hybridized carbons (Fsp3) is 0.800. The standard InChI is InChI=1S/C10H19NO2/c1-4-8(5-2)9(7(3)12)6-10(11)13/h8-9H,4-6H2,1-3H3,(H2,11,13)/t9-/m1/s1. The molecule has 76 valence electrons. The van der Waals surface area contributed by atoms with E-state index in [1.54, 1.807) is 0 Å². The van der Waals surface area contributed by atoms with Crippen LogP contribution in [-0.4, -0.2) is 11.7 Å². The summed E-state index contributed by atoms with van der Waals surface area (Å²) in [5.74, 6) is -0.183. The van der Waals surface area contributed by atoms with Crippen molar-refractivity contribution in [2.75, 3.05) is 0 Å². The van der Waals surface area contributed by atoms with E-state index in [4.69, 9.17) is 5.73 Å². The number of ketones is 1. The summed E-state index contributed by atoms with van der Waals surface area (Å²) >= 11 is 0. The van der Waals surface area contributed by atoms with Crippen LogP contribution in [0, 0.1) is 11.8 Å². The summed E-state index contributed by atoms with van der Waals surface area (Å²) in [6.07, 6.45) is 2.05. The summed E-state index contributed by atoms with van der Waals surface area (Å²) in [5.41, 5.74) is 5.09. The van der Waals surface area contributed by atoms with Gasteiger partial charge in [-0.05, 0) is 12.8 Å². The average molecular weight is 185 g/mol. The van der Waals surface area contributed by atoms with Gasteiger partial charge in [0.25, 0.3) is 0 Å². The van der Waals surface area contributed by atoms with Gasteiger partial charge in [-0.15, -0.1) is 0 Å². The molecule has 0 fully saturated rings. The lowest BCUT2D eigenvalue weighted by Gasteiger charge is -2.21. The molecule has 1 amide bonds. The molecular weight excluding hydrogens is 166 g/mol. The molecule has 13 heavy (non-hydrogen) atoms. The van der Waals surface area contributed by atoms with Crippen molar-refractivity contribution in [3.63, 3.8) is 0 Å². The summed E-state index contributed by atoms with van der Waals surface area (Å²) < 4.78 is 0. The minimum absolute atomic E-state index is 0.0764. The number of hydrogen-bond acceptors (Lipinski definition) is 2. The van der Waals surface area contributed by atoms with Gasteiger partial charge in [0.2, 0.25) is 5.91 Å². The molecule has 0 saturated heterocycles. The monoisotopic (exact) mass is 185 g/mol. The molecule has 0 rings (SSSR count). The van der Waals surface area contributed by atoms with Gasteiger partial charge in [-0.25, -0.2) is 0 Å². The van der Waals surface area contributed by atoms with Crippen LogP contribution in [0.5, 0.6) is 0 Å². The molecule has 0 aliphatic rings. The maximum atomic E-state index is 11.2. The fourth-order valence-corrected chi connectivity index (χ4v) is 1.72. The fourth-order valence-electron chi connectivity index (χ4n) is 1.72. The Bertz CT molecular complexity index is 185. The molecular formula is C10H19NO2. The first-order valence-electron chi connectivity index (χ1n) is 4.81. The maximum Gasteiger partial charge on any atom is 0.218 e. The van der Waals surface area contributed by atoms with E-state index in [0.29, 0.717) is 5.92 Å². The SMILES string of the molecule is CCC(CC)[C@H](CC(N)=O)C(C)=O. The van der Waals surface area contributed by atoms with Crippen molar-refractivity contribution in [2.24, 2.45) is 17.6 Å². The van der Waals surface area contributed by atoms with Crippen LogP contribution in [-0.2, 0) is 9.59 Å². The minimum atomic E-state index is -0.382. The Kier molecular flexibility index (Phi) is 5.35. The molecule has 0 bridgehead atoms. The predicted octanol–water partition coefficient (Wildman–Crippen LogP) is 1.50. The topological polar surface area (TPSA) is 60.2 Å². The van der Waals surface area contributed by atoms with Gasteiger partial charge < -0.3 is 5.73 Å². The van der Waals surface area contributed by atoms with Crippen molar-refractivity contribution in [1.29, 1.82) is 0 Å². The normalized spacial score (nSPS) is 12.9. The second-order valence-electron chi connectivity index (χ2n) is 3.46. The highest BCUT2D eigenvalue weighted by molar-refractivity contribution is 5.85. The molecule has 2 N–H and O–H groups in total. The molecule has 0 heterocycles. The molecule has 3 heteroatoms. The first-order valence-corrected chi connectivity index (χ1v) is 4.81. The highest BCUT2D eigenvalue weighted by Crippen LogP contribution is 2.23. The first-order chi connectivity index (χ1) is 6.02. The number of Topliss-reactive ketones (excluding diaryl/α,β-unsaturated/α-hetero) is 1. The van der Waals surface area contributed by atoms with Crippen molar-refractivity contribution in [1.82, 2.24) is 0 Å². The predicted molar refractivity (Wildman–Crippen MR) is 52.1 cm³/mol. The van der Waals surface area contributed by atoms with E-state index in [1.807, 2.05) is 13.8 Å². The molecule has 1 atom stereocenters. The Morgan fingerprint density at radius 3 is 1.92 bits per heavy atom. The summed E-state index contributed by atoms with van der Waals surface area (Å²) in [6.45, 7) is 5.60. The van der Waals surface area contributed by atoms with E-state index < -0.39 is 0 Å². The Labute approximate surface area is 79.7 Å². The molecule has 0 aromatic heterocycles. The van der Waals surface area contributed by atoms with Gasteiger partial charge in [0, 0.05) is 12.3 Å². The molecule has 0 aromatic rings. The molecule has 0 aliphatic heterocycles. The molecule has 0 aromatic carbocycles. The highest BCUT2D eigenvalue weighted by atomic mass is 16.1. The number of amides is 1. The highest BCUT2D eigenvalue weighted by Gasteiger charge is 2.24. The van der Waals surface area contributed by atoms with Crippen LogP contribution in [0.1, 0.15) is 40.0 Å². The van der Waals surface area contributed by atoms with Gasteiger partial charge in [0.15, 0.2) is 0 Å². The lowest BCUT2D eigenvalue weighted by atomic mass is 9.83. The Balaban J connectivity index is 4.38. The Hall–Kier alpha value is -0.860. The zero-order valence-electron chi connectivity index (χ0n) is 8.67. The van der Waals surface area contributed by atoms with Gasteiger partial charge in [-0.3, -0.25) is 9.59 Å². The van der Waals surface area contributed by atoms with Crippen molar-refractivity contribution >= 4 is 11.7 Å². The van der Waals surface area contributed by atoms with Crippen LogP contribution in [0.3, 0.4) is 0 Å². The number of carbonyl (C=O) groups is 2. The van der Waals surface area contributed by atoms with Crippen molar-refractivity contribution in [2.45, 2.75) is 40.0 Å². The first kappa shape index (κ1) is 12.1. The van der Waals surface area contributed by atoms with Gasteiger partial charge in [0.1, 0.15) is 5.78 Å². The number of nitrogens with two attached hydrogens (primary N) is 1. The molecule has 0 unspecified atom stereocenters. The third-order valence-corrected chi connectivity index (χ3v) is 2.56. The second kappa shape index (κ2) is 5.73. The van der Waals surface area contributed by atoms with Crippen molar-refractivity contribution in [3.05, 3.63) is 0 Å². The molecule has 0 spiro atoms. The smallest absolute Gasteiger partial charge is 0.218 e.